The number of oxime groups is 1. The third kappa shape index (κ3) is 2.35. The Bertz CT molecular complexity index is 441. The van der Waals surface area contributed by atoms with Crippen LogP contribution in [0, 0.1) is 0 Å². The highest BCUT2D eigenvalue weighted by Gasteiger charge is 2.18. The number of nitrogens with zero attached hydrogens (tertiary/aromatic N) is 1. The minimum atomic E-state index is 0.536. The summed E-state index contributed by atoms with van der Waals surface area (Å²) < 4.78 is 11.2. The Morgan fingerprint density at radius 3 is 3.06 bits per heavy atom. The molecule has 0 saturated heterocycles. The molecule has 0 fully saturated rings. The summed E-state index contributed by atoms with van der Waals surface area (Å²) in [6, 6.07) is 3.88. The van der Waals surface area contributed by atoms with E-state index in [4.69, 9.17) is 14.7 Å². The zero-order valence-electron chi connectivity index (χ0n) is 10.2. The third-order valence-electron chi connectivity index (χ3n) is 2.79. The maximum atomic E-state index is 8.88. The minimum Gasteiger partial charge on any atom is -0.493 e. The Morgan fingerprint density at radius 2 is 2.35 bits per heavy atom. The van der Waals surface area contributed by atoms with E-state index in [0.29, 0.717) is 18.9 Å². The first-order chi connectivity index (χ1) is 8.26. The molecule has 92 valence electrons. The summed E-state index contributed by atoms with van der Waals surface area (Å²) in [5.74, 6) is 1.64. The van der Waals surface area contributed by atoms with Crippen molar-refractivity contribution in [1.82, 2.24) is 0 Å². The van der Waals surface area contributed by atoms with Gasteiger partial charge in [-0.2, -0.15) is 0 Å². The predicted molar refractivity (Wildman–Crippen MR) is 65.4 cm³/mol. The zero-order valence-corrected chi connectivity index (χ0v) is 10.2. The summed E-state index contributed by atoms with van der Waals surface area (Å²) >= 11 is 0. The lowest BCUT2D eigenvalue weighted by molar-refractivity contribution is 0.311. The summed E-state index contributed by atoms with van der Waals surface area (Å²) in [4.78, 5) is 0. The van der Waals surface area contributed by atoms with Gasteiger partial charge in [0, 0.05) is 17.5 Å². The summed E-state index contributed by atoms with van der Waals surface area (Å²) in [5, 5.41) is 12.1. The highest BCUT2D eigenvalue weighted by Crippen LogP contribution is 2.33. The van der Waals surface area contributed by atoms with Crippen LogP contribution >= 0.6 is 0 Å². The summed E-state index contributed by atoms with van der Waals surface area (Å²) in [6.45, 7) is 5.17. The van der Waals surface area contributed by atoms with E-state index in [1.54, 1.807) is 6.92 Å². The number of rotatable bonds is 4. The van der Waals surface area contributed by atoms with Crippen LogP contribution in [0.15, 0.2) is 17.3 Å². The lowest BCUT2D eigenvalue weighted by atomic mass is 10.1. The number of benzene rings is 1. The second-order valence-corrected chi connectivity index (χ2v) is 4.09. The van der Waals surface area contributed by atoms with Gasteiger partial charge in [0.25, 0.3) is 0 Å². The molecule has 0 aliphatic carbocycles. The molecule has 0 saturated carbocycles. The Labute approximate surface area is 101 Å². The fourth-order valence-corrected chi connectivity index (χ4v) is 1.87. The first-order valence-corrected chi connectivity index (χ1v) is 5.87. The molecule has 0 atom stereocenters. The zero-order chi connectivity index (χ0) is 12.3. The van der Waals surface area contributed by atoms with Gasteiger partial charge in [0.1, 0.15) is 11.5 Å². The van der Waals surface area contributed by atoms with Crippen molar-refractivity contribution >= 4 is 5.71 Å². The van der Waals surface area contributed by atoms with E-state index >= 15 is 0 Å². The molecule has 1 heterocycles. The molecule has 2 rings (SSSR count). The fraction of sp³-hybridized carbons (Fsp3) is 0.462. The van der Waals surface area contributed by atoms with Gasteiger partial charge in [0.2, 0.25) is 0 Å². The quantitative estimate of drug-likeness (QED) is 0.496. The van der Waals surface area contributed by atoms with Crippen LogP contribution in [0.1, 0.15) is 31.4 Å². The smallest absolute Gasteiger partial charge is 0.129 e. The van der Waals surface area contributed by atoms with Crippen molar-refractivity contribution in [1.29, 1.82) is 0 Å². The van der Waals surface area contributed by atoms with Crippen LogP contribution in [0.2, 0.25) is 0 Å². The number of fused-ring (bicyclic) bond motifs is 1. The molecular formula is C13H17NO3. The lowest BCUT2D eigenvalue weighted by Crippen LogP contribution is -2.03. The first-order valence-electron chi connectivity index (χ1n) is 5.87. The molecule has 1 aliphatic rings. The molecule has 17 heavy (non-hydrogen) atoms. The Morgan fingerprint density at radius 1 is 1.53 bits per heavy atom. The molecule has 4 heteroatoms. The van der Waals surface area contributed by atoms with Crippen molar-refractivity contribution in [2.24, 2.45) is 5.16 Å². The van der Waals surface area contributed by atoms with Crippen LogP contribution in [0.5, 0.6) is 11.5 Å². The summed E-state index contributed by atoms with van der Waals surface area (Å²) in [6.07, 6.45) is 1.86. The molecular weight excluding hydrogens is 218 g/mol. The van der Waals surface area contributed by atoms with E-state index < -0.39 is 0 Å². The van der Waals surface area contributed by atoms with Gasteiger partial charge in [-0.3, -0.25) is 0 Å². The van der Waals surface area contributed by atoms with E-state index in [9.17, 15) is 0 Å². The van der Waals surface area contributed by atoms with Gasteiger partial charge in [0.15, 0.2) is 0 Å². The fourth-order valence-electron chi connectivity index (χ4n) is 1.87. The average Bonchev–Trinajstić information content (AvgIpc) is 2.81. The van der Waals surface area contributed by atoms with Gasteiger partial charge in [-0.15, -0.1) is 0 Å². The van der Waals surface area contributed by atoms with E-state index in [-0.39, 0.29) is 0 Å². The normalized spacial score (nSPS) is 14.4. The Kier molecular flexibility index (Phi) is 3.52. The Hall–Kier alpha value is -1.71. The topological polar surface area (TPSA) is 51.0 Å². The van der Waals surface area contributed by atoms with Gasteiger partial charge in [-0.1, -0.05) is 12.1 Å². The highest BCUT2D eigenvalue weighted by molar-refractivity contribution is 6.01. The molecule has 4 nitrogen and oxygen atoms in total. The second-order valence-electron chi connectivity index (χ2n) is 4.09. The van der Waals surface area contributed by atoms with Crippen LogP contribution in [-0.2, 0) is 6.42 Å². The van der Waals surface area contributed by atoms with E-state index in [1.807, 2.05) is 12.1 Å². The number of hydrogen-bond acceptors (Lipinski definition) is 4. The monoisotopic (exact) mass is 235 g/mol. The summed E-state index contributed by atoms with van der Waals surface area (Å²) in [5.41, 5.74) is 2.49. The van der Waals surface area contributed by atoms with Crippen LogP contribution < -0.4 is 9.47 Å². The van der Waals surface area contributed by atoms with Crippen molar-refractivity contribution < 1.29 is 14.7 Å². The highest BCUT2D eigenvalue weighted by atomic mass is 16.5. The van der Waals surface area contributed by atoms with Crippen molar-refractivity contribution in [3.63, 3.8) is 0 Å². The van der Waals surface area contributed by atoms with Gasteiger partial charge in [0.05, 0.1) is 18.9 Å². The first kappa shape index (κ1) is 11.8. The van der Waals surface area contributed by atoms with E-state index in [2.05, 4.69) is 12.1 Å². The molecule has 1 aliphatic heterocycles. The SMILES string of the molecule is CCCOc1cc2c(cc1C(C)=NO)OCC2. The molecule has 0 amide bonds. The van der Waals surface area contributed by atoms with Crippen molar-refractivity contribution in [3.8, 4) is 11.5 Å². The third-order valence-corrected chi connectivity index (χ3v) is 2.79. The van der Waals surface area contributed by atoms with Gasteiger partial charge >= 0.3 is 0 Å². The van der Waals surface area contributed by atoms with Crippen LogP contribution in [-0.4, -0.2) is 24.1 Å². The molecule has 0 radical (unpaired) electrons. The predicted octanol–water partition coefficient (Wildman–Crippen LogP) is 2.61. The van der Waals surface area contributed by atoms with Crippen molar-refractivity contribution in [2.45, 2.75) is 26.7 Å². The molecule has 1 N–H and O–H groups in total. The van der Waals surface area contributed by atoms with Gasteiger partial charge in [-0.05, 0) is 25.5 Å². The summed E-state index contributed by atoms with van der Waals surface area (Å²) in [7, 11) is 0. The van der Waals surface area contributed by atoms with E-state index in [1.165, 1.54) is 0 Å². The van der Waals surface area contributed by atoms with Gasteiger partial charge < -0.3 is 14.7 Å². The lowest BCUT2D eigenvalue weighted by Gasteiger charge is -2.12. The van der Waals surface area contributed by atoms with Crippen LogP contribution in [0.3, 0.4) is 0 Å². The second kappa shape index (κ2) is 5.08. The minimum absolute atomic E-state index is 0.536. The maximum Gasteiger partial charge on any atom is 0.129 e. The molecule has 1 aromatic rings. The van der Waals surface area contributed by atoms with Crippen molar-refractivity contribution in [2.75, 3.05) is 13.2 Å². The van der Waals surface area contributed by atoms with Gasteiger partial charge in [-0.25, -0.2) is 0 Å². The van der Waals surface area contributed by atoms with Crippen LogP contribution in [0.4, 0.5) is 0 Å². The largest absolute Gasteiger partial charge is 0.493 e. The Balaban J connectivity index is 2.39. The average molecular weight is 235 g/mol. The molecule has 0 spiro atoms. The number of hydrogen-bond donors (Lipinski definition) is 1. The van der Waals surface area contributed by atoms with E-state index in [0.717, 1.165) is 35.5 Å². The molecule has 1 aromatic carbocycles. The maximum absolute atomic E-state index is 8.88. The number of ether oxygens (including phenoxy) is 2. The standard InChI is InChI=1S/C13H17NO3/c1-3-5-16-13-7-10-4-6-17-12(10)8-11(13)9(2)14-15/h7-8,15H,3-6H2,1-2H3. The van der Waals surface area contributed by atoms with Crippen molar-refractivity contribution in [3.05, 3.63) is 23.3 Å². The molecule has 0 aromatic heterocycles. The molecule has 0 unspecified atom stereocenters. The molecule has 0 bridgehead atoms. The van der Waals surface area contributed by atoms with Crippen LogP contribution in [0.25, 0.3) is 0 Å².